The first-order chi connectivity index (χ1) is 9.15. The standard InChI is InChI=1S/C17H28O2/c1-4-6-7-15(5-2)13-19-17-10-8-16(9-11-17)12-14(3)18/h8-11,14-15,18H,4-7,12-13H2,1-3H3. The molecule has 0 saturated carbocycles. The third-order valence-corrected chi connectivity index (χ3v) is 3.48. The van der Waals surface area contributed by atoms with Crippen LogP contribution in [-0.4, -0.2) is 17.8 Å². The quantitative estimate of drug-likeness (QED) is 0.724. The summed E-state index contributed by atoms with van der Waals surface area (Å²) in [5, 5.41) is 9.33. The molecule has 1 rings (SSSR count). The summed E-state index contributed by atoms with van der Waals surface area (Å²) >= 11 is 0. The Bertz CT molecular complexity index is 330. The van der Waals surface area contributed by atoms with Crippen LogP contribution in [0.5, 0.6) is 5.75 Å². The summed E-state index contributed by atoms with van der Waals surface area (Å²) in [6, 6.07) is 8.08. The van der Waals surface area contributed by atoms with E-state index in [0.717, 1.165) is 17.9 Å². The van der Waals surface area contributed by atoms with Gasteiger partial charge in [-0.2, -0.15) is 0 Å². The molecule has 108 valence electrons. The SMILES string of the molecule is CCCCC(CC)COc1ccc(CC(C)O)cc1. The van der Waals surface area contributed by atoms with Crippen LogP contribution in [0.1, 0.15) is 52.0 Å². The molecule has 0 fully saturated rings. The smallest absolute Gasteiger partial charge is 0.119 e. The van der Waals surface area contributed by atoms with Gasteiger partial charge in [-0.05, 0) is 43.4 Å². The van der Waals surface area contributed by atoms with E-state index in [9.17, 15) is 5.11 Å². The summed E-state index contributed by atoms with van der Waals surface area (Å²) in [4.78, 5) is 0. The van der Waals surface area contributed by atoms with Crippen molar-refractivity contribution in [1.29, 1.82) is 0 Å². The maximum Gasteiger partial charge on any atom is 0.119 e. The second kappa shape index (κ2) is 8.98. The second-order valence-electron chi connectivity index (χ2n) is 5.42. The van der Waals surface area contributed by atoms with E-state index >= 15 is 0 Å². The number of ether oxygens (including phenoxy) is 1. The monoisotopic (exact) mass is 264 g/mol. The van der Waals surface area contributed by atoms with Gasteiger partial charge in [0.25, 0.3) is 0 Å². The summed E-state index contributed by atoms with van der Waals surface area (Å²) in [5.74, 6) is 1.60. The Kier molecular flexibility index (Phi) is 7.57. The highest BCUT2D eigenvalue weighted by molar-refractivity contribution is 5.27. The first-order valence-electron chi connectivity index (χ1n) is 7.55. The van der Waals surface area contributed by atoms with Gasteiger partial charge in [-0.3, -0.25) is 0 Å². The van der Waals surface area contributed by atoms with Gasteiger partial charge in [-0.1, -0.05) is 45.2 Å². The Labute approximate surface area is 117 Å². The minimum atomic E-state index is -0.287. The highest BCUT2D eigenvalue weighted by Crippen LogP contribution is 2.17. The fourth-order valence-corrected chi connectivity index (χ4v) is 2.18. The van der Waals surface area contributed by atoms with Crippen molar-refractivity contribution in [2.24, 2.45) is 5.92 Å². The van der Waals surface area contributed by atoms with E-state index in [2.05, 4.69) is 13.8 Å². The third kappa shape index (κ3) is 6.63. The molecule has 0 aromatic heterocycles. The van der Waals surface area contributed by atoms with Crippen LogP contribution in [0, 0.1) is 5.92 Å². The van der Waals surface area contributed by atoms with Gasteiger partial charge in [0.15, 0.2) is 0 Å². The van der Waals surface area contributed by atoms with Crippen LogP contribution >= 0.6 is 0 Å². The van der Waals surface area contributed by atoms with Gasteiger partial charge < -0.3 is 9.84 Å². The van der Waals surface area contributed by atoms with Crippen LogP contribution in [0.2, 0.25) is 0 Å². The molecular formula is C17H28O2. The Morgan fingerprint density at radius 2 is 1.84 bits per heavy atom. The van der Waals surface area contributed by atoms with Gasteiger partial charge in [0.1, 0.15) is 5.75 Å². The van der Waals surface area contributed by atoms with Crippen molar-refractivity contribution in [1.82, 2.24) is 0 Å². The molecule has 0 aliphatic rings. The zero-order valence-electron chi connectivity index (χ0n) is 12.6. The molecule has 0 amide bonds. The van der Waals surface area contributed by atoms with Crippen LogP contribution in [0.15, 0.2) is 24.3 Å². The Morgan fingerprint density at radius 1 is 1.16 bits per heavy atom. The predicted octanol–water partition coefficient (Wildman–Crippen LogP) is 4.21. The molecule has 0 heterocycles. The number of benzene rings is 1. The minimum Gasteiger partial charge on any atom is -0.493 e. The molecule has 19 heavy (non-hydrogen) atoms. The lowest BCUT2D eigenvalue weighted by molar-refractivity contribution is 0.195. The Hall–Kier alpha value is -1.02. The van der Waals surface area contributed by atoms with Crippen molar-refractivity contribution in [3.05, 3.63) is 29.8 Å². The number of unbranched alkanes of at least 4 members (excludes halogenated alkanes) is 1. The van der Waals surface area contributed by atoms with E-state index < -0.39 is 0 Å². The molecule has 1 aromatic rings. The first kappa shape index (κ1) is 16.0. The minimum absolute atomic E-state index is 0.287. The lowest BCUT2D eigenvalue weighted by Gasteiger charge is -2.15. The Balaban J connectivity index is 2.39. The van der Waals surface area contributed by atoms with Crippen molar-refractivity contribution >= 4 is 0 Å². The van der Waals surface area contributed by atoms with Crippen molar-refractivity contribution in [2.45, 2.75) is 59.0 Å². The fourth-order valence-electron chi connectivity index (χ4n) is 2.18. The molecule has 0 aliphatic carbocycles. The van der Waals surface area contributed by atoms with Crippen LogP contribution in [0.25, 0.3) is 0 Å². The van der Waals surface area contributed by atoms with Crippen molar-refractivity contribution in [2.75, 3.05) is 6.61 Å². The maximum atomic E-state index is 9.33. The van der Waals surface area contributed by atoms with Crippen LogP contribution in [-0.2, 0) is 6.42 Å². The highest BCUT2D eigenvalue weighted by Gasteiger charge is 2.07. The average Bonchev–Trinajstić information content (AvgIpc) is 2.40. The van der Waals surface area contributed by atoms with Crippen molar-refractivity contribution in [3.8, 4) is 5.75 Å². The summed E-state index contributed by atoms with van der Waals surface area (Å²) in [6.45, 7) is 7.08. The topological polar surface area (TPSA) is 29.5 Å². The lowest BCUT2D eigenvalue weighted by Crippen LogP contribution is -2.11. The van der Waals surface area contributed by atoms with Gasteiger partial charge in [-0.15, -0.1) is 0 Å². The van der Waals surface area contributed by atoms with E-state index in [1.54, 1.807) is 0 Å². The number of rotatable bonds is 9. The molecule has 2 unspecified atom stereocenters. The molecule has 2 heteroatoms. The van der Waals surface area contributed by atoms with E-state index in [0.29, 0.717) is 12.3 Å². The van der Waals surface area contributed by atoms with E-state index in [1.165, 1.54) is 25.7 Å². The van der Waals surface area contributed by atoms with Gasteiger partial charge in [0.2, 0.25) is 0 Å². The largest absolute Gasteiger partial charge is 0.493 e. The van der Waals surface area contributed by atoms with E-state index in [1.807, 2.05) is 31.2 Å². The first-order valence-corrected chi connectivity index (χ1v) is 7.55. The summed E-state index contributed by atoms with van der Waals surface area (Å²) < 4.78 is 5.85. The summed E-state index contributed by atoms with van der Waals surface area (Å²) in [5.41, 5.74) is 1.15. The predicted molar refractivity (Wildman–Crippen MR) is 80.6 cm³/mol. The molecule has 2 atom stereocenters. The van der Waals surface area contributed by atoms with Crippen LogP contribution in [0.3, 0.4) is 0 Å². The van der Waals surface area contributed by atoms with Crippen molar-refractivity contribution < 1.29 is 9.84 Å². The molecule has 1 aromatic carbocycles. The zero-order chi connectivity index (χ0) is 14.1. The Morgan fingerprint density at radius 3 is 2.37 bits per heavy atom. The molecule has 0 saturated heterocycles. The third-order valence-electron chi connectivity index (χ3n) is 3.48. The van der Waals surface area contributed by atoms with Crippen molar-refractivity contribution in [3.63, 3.8) is 0 Å². The lowest BCUT2D eigenvalue weighted by atomic mass is 10.0. The average molecular weight is 264 g/mol. The number of hydrogen-bond acceptors (Lipinski definition) is 2. The zero-order valence-corrected chi connectivity index (χ0v) is 12.6. The maximum absolute atomic E-state index is 9.33. The fraction of sp³-hybridized carbons (Fsp3) is 0.647. The second-order valence-corrected chi connectivity index (χ2v) is 5.42. The molecule has 0 spiro atoms. The molecule has 2 nitrogen and oxygen atoms in total. The van der Waals surface area contributed by atoms with Gasteiger partial charge in [0, 0.05) is 0 Å². The summed E-state index contributed by atoms with van der Waals surface area (Å²) in [7, 11) is 0. The number of hydrogen-bond donors (Lipinski definition) is 1. The van der Waals surface area contributed by atoms with Crippen LogP contribution in [0.4, 0.5) is 0 Å². The van der Waals surface area contributed by atoms with Crippen LogP contribution < -0.4 is 4.74 Å². The molecular weight excluding hydrogens is 236 g/mol. The molecule has 0 aliphatic heterocycles. The van der Waals surface area contributed by atoms with E-state index in [-0.39, 0.29) is 6.10 Å². The number of aliphatic hydroxyl groups excluding tert-OH is 1. The normalized spacial score (nSPS) is 14.1. The van der Waals surface area contributed by atoms with Gasteiger partial charge >= 0.3 is 0 Å². The highest BCUT2D eigenvalue weighted by atomic mass is 16.5. The van der Waals surface area contributed by atoms with Gasteiger partial charge in [0.05, 0.1) is 12.7 Å². The van der Waals surface area contributed by atoms with E-state index in [4.69, 9.17) is 4.74 Å². The number of aliphatic hydroxyl groups is 1. The summed E-state index contributed by atoms with van der Waals surface area (Å²) in [6.07, 6.45) is 5.40. The molecule has 0 bridgehead atoms. The molecule has 0 radical (unpaired) electrons. The van der Waals surface area contributed by atoms with Gasteiger partial charge in [-0.25, -0.2) is 0 Å². The molecule has 1 N–H and O–H groups in total.